The number of aromatic nitrogens is 2. The van der Waals surface area contributed by atoms with Crippen LogP contribution in [-0.4, -0.2) is 47.0 Å². The van der Waals surface area contributed by atoms with E-state index in [1.807, 2.05) is 83.8 Å². The van der Waals surface area contributed by atoms with Gasteiger partial charge in [-0.3, -0.25) is 4.79 Å². The quantitative estimate of drug-likeness (QED) is 0.465. The van der Waals surface area contributed by atoms with Gasteiger partial charge in [-0.1, -0.05) is 60.1 Å². The van der Waals surface area contributed by atoms with E-state index in [9.17, 15) is 4.79 Å². The molecule has 0 atom stereocenters. The zero-order valence-electron chi connectivity index (χ0n) is 16.9. The van der Waals surface area contributed by atoms with E-state index in [0.29, 0.717) is 37.1 Å². The van der Waals surface area contributed by atoms with Crippen LogP contribution in [0.1, 0.15) is 10.4 Å². The summed E-state index contributed by atoms with van der Waals surface area (Å²) in [5.41, 5.74) is 3.47. The second-order valence-corrected chi connectivity index (χ2v) is 7.98. The Kier molecular flexibility index (Phi) is 5.26. The van der Waals surface area contributed by atoms with Crippen LogP contribution >= 0.6 is 11.6 Å². The first kappa shape index (κ1) is 19.5. The van der Waals surface area contributed by atoms with Gasteiger partial charge in [0.2, 0.25) is 5.95 Å². The van der Waals surface area contributed by atoms with Gasteiger partial charge >= 0.3 is 0 Å². The molecule has 0 N–H and O–H groups in total. The summed E-state index contributed by atoms with van der Waals surface area (Å²) in [7, 11) is 0. The summed E-state index contributed by atoms with van der Waals surface area (Å²) in [5, 5.41) is 1.59. The molecule has 0 saturated carbocycles. The summed E-state index contributed by atoms with van der Waals surface area (Å²) < 4.78 is 0. The lowest BCUT2D eigenvalue weighted by Crippen LogP contribution is -2.49. The number of amides is 1. The number of hydrogen-bond acceptors (Lipinski definition) is 4. The maximum absolute atomic E-state index is 12.8. The standard InChI is InChI=1S/C25H21ClN4O/c26-20-11-12-22-21(17-20)23(18-7-3-1-4-8-18)28-25(27-22)30-15-13-29(14-16-30)24(31)19-9-5-2-6-10-19/h1-12,17H,13-16H2. The highest BCUT2D eigenvalue weighted by atomic mass is 35.5. The van der Waals surface area contributed by atoms with Gasteiger partial charge in [-0.15, -0.1) is 0 Å². The van der Waals surface area contributed by atoms with E-state index in [4.69, 9.17) is 21.6 Å². The van der Waals surface area contributed by atoms with Gasteiger partial charge < -0.3 is 9.80 Å². The van der Waals surface area contributed by atoms with Crippen LogP contribution in [0.4, 0.5) is 5.95 Å². The van der Waals surface area contributed by atoms with Gasteiger partial charge in [-0.2, -0.15) is 0 Å². The van der Waals surface area contributed by atoms with E-state index < -0.39 is 0 Å². The van der Waals surface area contributed by atoms with Crippen molar-refractivity contribution in [1.29, 1.82) is 0 Å². The van der Waals surface area contributed by atoms with Gasteiger partial charge in [0.15, 0.2) is 0 Å². The summed E-state index contributed by atoms with van der Waals surface area (Å²) in [4.78, 5) is 26.5. The average Bonchev–Trinajstić information content (AvgIpc) is 2.84. The van der Waals surface area contributed by atoms with Gasteiger partial charge in [0.25, 0.3) is 5.91 Å². The molecule has 4 aromatic rings. The summed E-state index contributed by atoms with van der Waals surface area (Å²) in [6.07, 6.45) is 0. The van der Waals surface area contributed by atoms with E-state index in [-0.39, 0.29) is 5.91 Å². The molecule has 5 nitrogen and oxygen atoms in total. The minimum Gasteiger partial charge on any atom is -0.337 e. The number of piperazine rings is 1. The van der Waals surface area contributed by atoms with Crippen LogP contribution in [0.3, 0.4) is 0 Å². The first-order valence-corrected chi connectivity index (χ1v) is 10.7. The van der Waals surface area contributed by atoms with E-state index >= 15 is 0 Å². The molecule has 1 aromatic heterocycles. The van der Waals surface area contributed by atoms with Gasteiger partial charge in [-0.05, 0) is 30.3 Å². The highest BCUT2D eigenvalue weighted by Gasteiger charge is 2.24. The van der Waals surface area contributed by atoms with Crippen molar-refractivity contribution < 1.29 is 4.79 Å². The van der Waals surface area contributed by atoms with Crippen molar-refractivity contribution in [2.45, 2.75) is 0 Å². The maximum atomic E-state index is 12.8. The molecule has 1 saturated heterocycles. The van der Waals surface area contributed by atoms with Crippen molar-refractivity contribution >= 4 is 34.4 Å². The van der Waals surface area contributed by atoms with E-state index in [2.05, 4.69) is 4.90 Å². The Hall–Kier alpha value is -3.44. The van der Waals surface area contributed by atoms with Crippen molar-refractivity contribution in [1.82, 2.24) is 14.9 Å². The Bertz CT molecular complexity index is 1220. The first-order valence-electron chi connectivity index (χ1n) is 10.3. The molecule has 1 fully saturated rings. The maximum Gasteiger partial charge on any atom is 0.253 e. The molecule has 1 aliphatic heterocycles. The van der Waals surface area contributed by atoms with Crippen LogP contribution in [-0.2, 0) is 0 Å². The average molecular weight is 429 g/mol. The summed E-state index contributed by atoms with van der Waals surface area (Å²) in [6.45, 7) is 2.64. The molecule has 0 aliphatic carbocycles. The Morgan fingerprint density at radius 1 is 0.806 bits per heavy atom. The molecule has 0 bridgehead atoms. The lowest BCUT2D eigenvalue weighted by Gasteiger charge is -2.35. The van der Waals surface area contributed by atoms with Crippen molar-refractivity contribution in [2.24, 2.45) is 0 Å². The summed E-state index contributed by atoms with van der Waals surface area (Å²) in [5.74, 6) is 0.750. The Labute approximate surface area is 185 Å². The van der Waals surface area contributed by atoms with Gasteiger partial charge in [-0.25, -0.2) is 9.97 Å². The number of fused-ring (bicyclic) bond motifs is 1. The lowest BCUT2D eigenvalue weighted by atomic mass is 10.1. The summed E-state index contributed by atoms with van der Waals surface area (Å²) in [6, 6.07) is 25.2. The Morgan fingerprint density at radius 2 is 1.48 bits per heavy atom. The van der Waals surface area contributed by atoms with E-state index in [1.165, 1.54) is 0 Å². The fourth-order valence-electron chi connectivity index (χ4n) is 3.92. The second kappa shape index (κ2) is 8.36. The summed E-state index contributed by atoms with van der Waals surface area (Å²) >= 11 is 6.26. The topological polar surface area (TPSA) is 49.3 Å². The molecule has 6 heteroatoms. The third-order valence-electron chi connectivity index (χ3n) is 5.56. The fourth-order valence-corrected chi connectivity index (χ4v) is 4.09. The largest absolute Gasteiger partial charge is 0.337 e. The SMILES string of the molecule is O=C(c1ccccc1)N1CCN(c2nc(-c3ccccc3)c3cc(Cl)ccc3n2)CC1. The minimum atomic E-state index is 0.0688. The molecule has 31 heavy (non-hydrogen) atoms. The number of nitrogens with zero attached hydrogens (tertiary/aromatic N) is 4. The third-order valence-corrected chi connectivity index (χ3v) is 5.80. The normalized spacial score (nSPS) is 14.1. The molecule has 0 radical (unpaired) electrons. The van der Waals surface area contributed by atoms with Gasteiger partial charge in [0, 0.05) is 47.7 Å². The van der Waals surface area contributed by atoms with Crippen molar-refractivity contribution in [3.05, 3.63) is 89.4 Å². The van der Waals surface area contributed by atoms with Crippen LogP contribution < -0.4 is 4.90 Å². The molecule has 0 unspecified atom stereocenters. The molecule has 2 heterocycles. The van der Waals surface area contributed by atoms with E-state index in [1.54, 1.807) is 0 Å². The molecule has 0 spiro atoms. The number of anilines is 1. The van der Waals surface area contributed by atoms with Crippen LogP contribution in [0.25, 0.3) is 22.2 Å². The zero-order valence-corrected chi connectivity index (χ0v) is 17.7. The van der Waals surface area contributed by atoms with Crippen molar-refractivity contribution in [3.8, 4) is 11.3 Å². The van der Waals surface area contributed by atoms with Crippen molar-refractivity contribution in [3.63, 3.8) is 0 Å². The predicted octanol–water partition coefficient (Wildman–Crippen LogP) is 4.91. The predicted molar refractivity (Wildman–Crippen MR) is 125 cm³/mol. The van der Waals surface area contributed by atoms with Gasteiger partial charge in [0.1, 0.15) is 0 Å². The smallest absolute Gasteiger partial charge is 0.253 e. The van der Waals surface area contributed by atoms with E-state index in [0.717, 1.165) is 27.7 Å². The highest BCUT2D eigenvalue weighted by Crippen LogP contribution is 2.30. The van der Waals surface area contributed by atoms with Crippen LogP contribution in [0.5, 0.6) is 0 Å². The zero-order chi connectivity index (χ0) is 21.2. The number of rotatable bonds is 3. The van der Waals surface area contributed by atoms with Crippen molar-refractivity contribution in [2.75, 3.05) is 31.1 Å². The molecule has 1 aliphatic rings. The van der Waals surface area contributed by atoms with Crippen LogP contribution in [0.15, 0.2) is 78.9 Å². The third kappa shape index (κ3) is 3.97. The fraction of sp³-hybridized carbons (Fsp3) is 0.160. The molecule has 154 valence electrons. The number of carbonyl (C=O) groups excluding carboxylic acids is 1. The monoisotopic (exact) mass is 428 g/mol. The molecule has 1 amide bonds. The van der Waals surface area contributed by atoms with Crippen LogP contribution in [0.2, 0.25) is 5.02 Å². The lowest BCUT2D eigenvalue weighted by molar-refractivity contribution is 0.0746. The van der Waals surface area contributed by atoms with Gasteiger partial charge in [0.05, 0.1) is 11.2 Å². The second-order valence-electron chi connectivity index (χ2n) is 7.54. The number of benzene rings is 3. The first-order chi connectivity index (χ1) is 15.2. The highest BCUT2D eigenvalue weighted by molar-refractivity contribution is 6.31. The number of halogens is 1. The number of hydrogen-bond donors (Lipinski definition) is 0. The molecular formula is C25H21ClN4O. The Morgan fingerprint density at radius 3 is 2.19 bits per heavy atom. The molecule has 3 aromatic carbocycles. The Balaban J connectivity index is 1.44. The molecule has 5 rings (SSSR count). The minimum absolute atomic E-state index is 0.0688. The van der Waals surface area contributed by atoms with Crippen LogP contribution in [0, 0.1) is 0 Å². The molecular weight excluding hydrogens is 408 g/mol. The number of carbonyl (C=O) groups is 1.